The Labute approximate surface area is 115 Å². The highest BCUT2D eigenvalue weighted by Crippen LogP contribution is 2.02. The predicted octanol–water partition coefficient (Wildman–Crippen LogP) is -0.239. The maximum Gasteiger partial charge on any atom is 0.320 e. The number of rotatable bonds is 7. The third kappa shape index (κ3) is 10.4. The summed E-state index contributed by atoms with van der Waals surface area (Å²) in [6, 6.07) is -0.770. The second-order valence-corrected chi connectivity index (χ2v) is 4.73. The number of likely N-dealkylation sites (N-methyl/N-ethyl adjacent to an activating group) is 2. The second-order valence-electron chi connectivity index (χ2n) is 4.73. The highest BCUT2D eigenvalue weighted by Gasteiger charge is 2.18. The monoisotopic (exact) mass is 277 g/mol. The lowest BCUT2D eigenvalue weighted by atomic mass is 10.1. The van der Waals surface area contributed by atoms with Gasteiger partial charge >= 0.3 is 11.9 Å². The fourth-order valence-corrected chi connectivity index (χ4v) is 1.13. The lowest BCUT2D eigenvalue weighted by molar-refractivity contribution is -0.143. The van der Waals surface area contributed by atoms with E-state index in [1.807, 2.05) is 0 Å². The smallest absolute Gasteiger partial charge is 0.320 e. The minimum atomic E-state index is -0.782. The summed E-state index contributed by atoms with van der Waals surface area (Å²) in [5.74, 6) is -1.56. The molecule has 0 aliphatic rings. The molecule has 7 heteroatoms. The van der Waals surface area contributed by atoms with Crippen LogP contribution in [0.25, 0.3) is 0 Å². The SMILES string of the molecule is CC(C(=O)O)N(C)C.CN(C)C(CCCN)C(=O)O. The zero-order chi connectivity index (χ0) is 15.6. The number of carboxylic acid groups (broad SMARTS) is 2. The molecular weight excluding hydrogens is 250 g/mol. The van der Waals surface area contributed by atoms with E-state index in [9.17, 15) is 9.59 Å². The van der Waals surface area contributed by atoms with Crippen LogP contribution in [0.3, 0.4) is 0 Å². The van der Waals surface area contributed by atoms with Gasteiger partial charge in [-0.25, -0.2) is 0 Å². The van der Waals surface area contributed by atoms with E-state index in [2.05, 4.69) is 0 Å². The van der Waals surface area contributed by atoms with E-state index in [0.717, 1.165) is 6.42 Å². The number of aliphatic carboxylic acids is 2. The highest BCUT2D eigenvalue weighted by molar-refractivity contribution is 5.73. The second kappa shape index (κ2) is 10.7. The average Bonchev–Trinajstić information content (AvgIpc) is 2.28. The van der Waals surface area contributed by atoms with Gasteiger partial charge in [0.05, 0.1) is 0 Å². The molecule has 0 aliphatic carbocycles. The van der Waals surface area contributed by atoms with Gasteiger partial charge in [0.2, 0.25) is 0 Å². The first kappa shape index (κ1) is 20.1. The molecule has 2 atom stereocenters. The lowest BCUT2D eigenvalue weighted by Gasteiger charge is -2.19. The number of carbonyl (C=O) groups is 2. The molecule has 0 radical (unpaired) electrons. The van der Waals surface area contributed by atoms with Gasteiger partial charge in [0.15, 0.2) is 0 Å². The van der Waals surface area contributed by atoms with Crippen molar-refractivity contribution in [3.05, 3.63) is 0 Å². The standard InChI is InChI=1S/C7H16N2O2.C5H11NO2/c1-9(2)6(7(10)11)4-3-5-8;1-4(5(7)8)6(2)3/h6H,3-5,8H2,1-2H3,(H,10,11);4H,1-3H3,(H,7,8). The molecule has 0 aromatic heterocycles. The van der Waals surface area contributed by atoms with Gasteiger partial charge in [-0.05, 0) is 54.5 Å². The molecule has 19 heavy (non-hydrogen) atoms. The van der Waals surface area contributed by atoms with E-state index in [0.29, 0.717) is 13.0 Å². The number of carboxylic acids is 2. The first-order valence-electron chi connectivity index (χ1n) is 6.13. The zero-order valence-corrected chi connectivity index (χ0v) is 12.5. The van der Waals surface area contributed by atoms with Crippen LogP contribution in [-0.2, 0) is 9.59 Å². The molecule has 0 aromatic rings. The molecule has 114 valence electrons. The van der Waals surface area contributed by atoms with Crippen LogP contribution in [0.15, 0.2) is 0 Å². The van der Waals surface area contributed by atoms with Crippen molar-refractivity contribution >= 4 is 11.9 Å². The number of nitrogens with two attached hydrogens (primary N) is 1. The summed E-state index contributed by atoms with van der Waals surface area (Å²) in [6.45, 7) is 2.19. The van der Waals surface area contributed by atoms with Crippen LogP contribution in [0.5, 0.6) is 0 Å². The topological polar surface area (TPSA) is 107 Å². The van der Waals surface area contributed by atoms with E-state index in [1.54, 1.807) is 44.9 Å². The Hall–Kier alpha value is -1.18. The summed E-state index contributed by atoms with van der Waals surface area (Å²) in [6.07, 6.45) is 1.38. The molecule has 0 spiro atoms. The summed E-state index contributed by atoms with van der Waals surface area (Å²) in [7, 11) is 6.99. The molecule has 0 amide bonds. The Morgan fingerprint density at radius 3 is 1.68 bits per heavy atom. The van der Waals surface area contributed by atoms with Crippen LogP contribution >= 0.6 is 0 Å². The molecule has 0 fully saturated rings. The summed E-state index contributed by atoms with van der Waals surface area (Å²) >= 11 is 0. The van der Waals surface area contributed by atoms with E-state index in [4.69, 9.17) is 15.9 Å². The van der Waals surface area contributed by atoms with Gasteiger partial charge < -0.3 is 15.9 Å². The zero-order valence-electron chi connectivity index (χ0n) is 12.5. The van der Waals surface area contributed by atoms with Gasteiger partial charge in [-0.2, -0.15) is 0 Å². The van der Waals surface area contributed by atoms with Gasteiger partial charge in [0, 0.05) is 0 Å². The molecule has 0 bridgehead atoms. The van der Waals surface area contributed by atoms with Crippen molar-refractivity contribution in [3.63, 3.8) is 0 Å². The molecule has 0 aromatic carbocycles. The Bertz CT molecular complexity index is 270. The highest BCUT2D eigenvalue weighted by atomic mass is 16.4. The summed E-state index contributed by atoms with van der Waals surface area (Å²) in [4.78, 5) is 24.0. The van der Waals surface area contributed by atoms with Crippen molar-refractivity contribution in [2.45, 2.75) is 31.8 Å². The Balaban J connectivity index is 0. The molecular formula is C12H27N3O4. The third-order valence-corrected chi connectivity index (χ3v) is 2.72. The van der Waals surface area contributed by atoms with Crippen LogP contribution in [0, 0.1) is 0 Å². The Morgan fingerprint density at radius 1 is 1.05 bits per heavy atom. The van der Waals surface area contributed by atoms with Crippen LogP contribution in [0.1, 0.15) is 19.8 Å². The van der Waals surface area contributed by atoms with E-state index in [1.165, 1.54) is 0 Å². The van der Waals surface area contributed by atoms with E-state index < -0.39 is 18.0 Å². The first-order valence-corrected chi connectivity index (χ1v) is 6.13. The first-order chi connectivity index (χ1) is 8.64. The summed E-state index contributed by atoms with van der Waals surface area (Å²) in [5, 5.41) is 17.0. The maximum atomic E-state index is 10.6. The fourth-order valence-electron chi connectivity index (χ4n) is 1.13. The molecule has 0 saturated carbocycles. The number of nitrogens with zero attached hydrogens (tertiary/aromatic N) is 2. The fraction of sp³-hybridized carbons (Fsp3) is 0.833. The predicted molar refractivity (Wildman–Crippen MR) is 74.2 cm³/mol. The molecule has 0 heterocycles. The van der Waals surface area contributed by atoms with Gasteiger partial charge in [-0.3, -0.25) is 19.4 Å². The Kier molecular flexibility index (Phi) is 11.4. The Morgan fingerprint density at radius 2 is 1.53 bits per heavy atom. The van der Waals surface area contributed by atoms with Gasteiger partial charge in [0.1, 0.15) is 12.1 Å². The van der Waals surface area contributed by atoms with Crippen molar-refractivity contribution in [2.75, 3.05) is 34.7 Å². The third-order valence-electron chi connectivity index (χ3n) is 2.72. The average molecular weight is 277 g/mol. The number of hydrogen-bond acceptors (Lipinski definition) is 5. The summed E-state index contributed by atoms with van der Waals surface area (Å²) in [5.41, 5.74) is 5.27. The summed E-state index contributed by atoms with van der Waals surface area (Å²) < 4.78 is 0. The van der Waals surface area contributed by atoms with Gasteiger partial charge in [-0.15, -0.1) is 0 Å². The van der Waals surface area contributed by atoms with Crippen molar-refractivity contribution in [3.8, 4) is 0 Å². The van der Waals surface area contributed by atoms with Crippen LogP contribution in [-0.4, -0.2) is 78.8 Å². The largest absolute Gasteiger partial charge is 0.480 e. The van der Waals surface area contributed by atoms with Crippen LogP contribution in [0.2, 0.25) is 0 Å². The number of hydrogen-bond donors (Lipinski definition) is 3. The van der Waals surface area contributed by atoms with Crippen molar-refractivity contribution in [1.29, 1.82) is 0 Å². The minimum Gasteiger partial charge on any atom is -0.480 e. The van der Waals surface area contributed by atoms with Crippen molar-refractivity contribution in [2.24, 2.45) is 5.73 Å². The molecule has 0 aliphatic heterocycles. The van der Waals surface area contributed by atoms with Crippen LogP contribution < -0.4 is 5.73 Å². The van der Waals surface area contributed by atoms with E-state index >= 15 is 0 Å². The minimum absolute atomic E-state index is 0.380. The van der Waals surface area contributed by atoms with Crippen LogP contribution in [0.4, 0.5) is 0 Å². The molecule has 4 N–H and O–H groups in total. The van der Waals surface area contributed by atoms with Gasteiger partial charge in [-0.1, -0.05) is 0 Å². The lowest BCUT2D eigenvalue weighted by Crippen LogP contribution is -2.35. The molecule has 0 rings (SSSR count). The quantitative estimate of drug-likeness (QED) is 0.589. The molecule has 0 saturated heterocycles. The van der Waals surface area contributed by atoms with Gasteiger partial charge in [0.25, 0.3) is 0 Å². The maximum absolute atomic E-state index is 10.6. The normalized spacial score (nSPS) is 13.7. The van der Waals surface area contributed by atoms with E-state index in [-0.39, 0.29) is 6.04 Å². The molecule has 2 unspecified atom stereocenters. The van der Waals surface area contributed by atoms with Crippen molar-refractivity contribution in [1.82, 2.24) is 9.80 Å². The van der Waals surface area contributed by atoms with Crippen molar-refractivity contribution < 1.29 is 19.8 Å². The molecule has 7 nitrogen and oxygen atoms in total.